The van der Waals surface area contributed by atoms with Crippen LogP contribution in [0.25, 0.3) is 0 Å². The Bertz CT molecular complexity index is 343. The molecule has 68 valence electrons. The summed E-state index contributed by atoms with van der Waals surface area (Å²) in [5, 5.41) is 8.47. The van der Waals surface area contributed by atoms with Gasteiger partial charge in [0.2, 0.25) is 0 Å². The van der Waals surface area contributed by atoms with Gasteiger partial charge < -0.3 is 0 Å². The lowest BCUT2D eigenvalue weighted by Gasteiger charge is -2.08. The highest BCUT2D eigenvalue weighted by atomic mass is 79.9. The summed E-state index contributed by atoms with van der Waals surface area (Å²) in [7, 11) is 0. The van der Waals surface area contributed by atoms with Crippen molar-refractivity contribution in [3.63, 3.8) is 0 Å². The summed E-state index contributed by atoms with van der Waals surface area (Å²) in [4.78, 5) is 0. The van der Waals surface area contributed by atoms with E-state index >= 15 is 0 Å². The number of benzene rings is 1. The molecule has 0 N–H and O–H groups in total. The maximum atomic E-state index is 13.2. The molecule has 0 aromatic heterocycles. The van der Waals surface area contributed by atoms with Crippen LogP contribution in [0, 0.1) is 17.1 Å². The molecule has 3 heteroatoms. The predicted octanol–water partition coefficient (Wildman–Crippen LogP) is 3.61. The lowest BCUT2D eigenvalue weighted by Crippen LogP contribution is -1.96. The monoisotopic (exact) mass is 241 g/mol. The van der Waals surface area contributed by atoms with E-state index in [1.807, 2.05) is 13.0 Å². The molecule has 13 heavy (non-hydrogen) atoms. The van der Waals surface area contributed by atoms with Gasteiger partial charge in [0.15, 0.2) is 0 Å². The molecule has 0 bridgehead atoms. The third-order valence-electron chi connectivity index (χ3n) is 1.89. The molecule has 0 saturated carbocycles. The second-order valence-electron chi connectivity index (χ2n) is 2.93. The standard InChI is InChI=1S/C10H9BrFN/c1-7(4-5-13)9-6-8(11)2-3-10(9)12/h2-3,6-7H,4H2,1H3. The van der Waals surface area contributed by atoms with Crippen molar-refractivity contribution in [3.05, 3.63) is 34.1 Å². The van der Waals surface area contributed by atoms with Crippen molar-refractivity contribution >= 4 is 15.9 Å². The summed E-state index contributed by atoms with van der Waals surface area (Å²) in [5.74, 6) is -0.298. The van der Waals surface area contributed by atoms with Gasteiger partial charge in [-0.15, -0.1) is 0 Å². The highest BCUT2D eigenvalue weighted by molar-refractivity contribution is 9.10. The van der Waals surface area contributed by atoms with Crippen molar-refractivity contribution < 1.29 is 4.39 Å². The first-order valence-electron chi connectivity index (χ1n) is 3.97. The van der Waals surface area contributed by atoms with Crippen LogP contribution in [0.15, 0.2) is 22.7 Å². The fraction of sp³-hybridized carbons (Fsp3) is 0.300. The first-order chi connectivity index (χ1) is 6.15. The molecular weight excluding hydrogens is 233 g/mol. The normalized spacial score (nSPS) is 12.2. The molecular formula is C10H9BrFN. The zero-order valence-corrected chi connectivity index (χ0v) is 8.81. The quantitative estimate of drug-likeness (QED) is 0.777. The zero-order valence-electron chi connectivity index (χ0n) is 7.22. The first kappa shape index (κ1) is 10.2. The van der Waals surface area contributed by atoms with Gasteiger partial charge in [0, 0.05) is 10.9 Å². The lowest BCUT2D eigenvalue weighted by molar-refractivity contribution is 0.591. The topological polar surface area (TPSA) is 23.8 Å². The fourth-order valence-electron chi connectivity index (χ4n) is 1.14. The van der Waals surface area contributed by atoms with Crippen molar-refractivity contribution in [2.45, 2.75) is 19.3 Å². The van der Waals surface area contributed by atoms with Crippen LogP contribution in [-0.4, -0.2) is 0 Å². The average Bonchev–Trinajstić information content (AvgIpc) is 2.09. The zero-order chi connectivity index (χ0) is 9.84. The van der Waals surface area contributed by atoms with Gasteiger partial charge >= 0.3 is 0 Å². The van der Waals surface area contributed by atoms with Gasteiger partial charge in [-0.3, -0.25) is 0 Å². The third-order valence-corrected chi connectivity index (χ3v) is 2.38. The summed E-state index contributed by atoms with van der Waals surface area (Å²) in [6, 6.07) is 6.81. The van der Waals surface area contributed by atoms with Crippen molar-refractivity contribution in [1.82, 2.24) is 0 Å². The summed E-state index contributed by atoms with van der Waals surface area (Å²) in [6.07, 6.45) is 0.341. The number of hydrogen-bond acceptors (Lipinski definition) is 1. The average molecular weight is 242 g/mol. The van der Waals surface area contributed by atoms with Crippen LogP contribution in [0.1, 0.15) is 24.8 Å². The Hall–Kier alpha value is -0.880. The number of rotatable bonds is 2. The Labute approximate surface area is 85.3 Å². The Balaban J connectivity index is 3.00. The van der Waals surface area contributed by atoms with Crippen LogP contribution < -0.4 is 0 Å². The van der Waals surface area contributed by atoms with E-state index in [1.165, 1.54) is 6.07 Å². The molecule has 0 aliphatic carbocycles. The van der Waals surface area contributed by atoms with Crippen molar-refractivity contribution in [2.24, 2.45) is 0 Å². The largest absolute Gasteiger partial charge is 0.207 e. The molecule has 0 spiro atoms. The molecule has 0 aliphatic rings. The molecule has 0 radical (unpaired) electrons. The first-order valence-corrected chi connectivity index (χ1v) is 4.76. The molecule has 0 heterocycles. The van der Waals surface area contributed by atoms with Crippen LogP contribution in [-0.2, 0) is 0 Å². The molecule has 0 amide bonds. The van der Waals surface area contributed by atoms with Crippen molar-refractivity contribution in [3.8, 4) is 6.07 Å². The number of nitrogens with zero attached hydrogens (tertiary/aromatic N) is 1. The Morgan fingerprint density at radius 3 is 2.92 bits per heavy atom. The second kappa shape index (κ2) is 4.38. The minimum absolute atomic E-state index is 0.0532. The van der Waals surface area contributed by atoms with Gasteiger partial charge in [0.1, 0.15) is 5.82 Å². The molecule has 1 unspecified atom stereocenters. The van der Waals surface area contributed by atoms with E-state index in [0.29, 0.717) is 12.0 Å². The summed E-state index contributed by atoms with van der Waals surface area (Å²) >= 11 is 3.27. The predicted molar refractivity (Wildman–Crippen MR) is 52.7 cm³/mol. The molecule has 0 fully saturated rings. The Morgan fingerprint density at radius 1 is 1.62 bits per heavy atom. The van der Waals surface area contributed by atoms with E-state index in [0.717, 1.165) is 4.47 Å². The van der Waals surface area contributed by atoms with Crippen LogP contribution in [0.3, 0.4) is 0 Å². The van der Waals surface area contributed by atoms with Crippen LogP contribution >= 0.6 is 15.9 Å². The Kier molecular flexibility index (Phi) is 3.44. The van der Waals surface area contributed by atoms with E-state index in [9.17, 15) is 4.39 Å². The van der Waals surface area contributed by atoms with Crippen molar-refractivity contribution in [2.75, 3.05) is 0 Å². The van der Waals surface area contributed by atoms with Gasteiger partial charge in [-0.2, -0.15) is 5.26 Å². The molecule has 1 aromatic carbocycles. The summed E-state index contributed by atoms with van der Waals surface area (Å²) in [6.45, 7) is 1.84. The SMILES string of the molecule is CC(CC#N)c1cc(Br)ccc1F. The summed E-state index contributed by atoms with van der Waals surface area (Å²) < 4.78 is 14.1. The van der Waals surface area contributed by atoms with Gasteiger partial charge in [0.25, 0.3) is 0 Å². The van der Waals surface area contributed by atoms with Crippen molar-refractivity contribution in [1.29, 1.82) is 5.26 Å². The molecule has 1 rings (SSSR count). The van der Waals surface area contributed by atoms with Gasteiger partial charge in [0.05, 0.1) is 6.07 Å². The van der Waals surface area contributed by atoms with Crippen LogP contribution in [0.4, 0.5) is 4.39 Å². The minimum Gasteiger partial charge on any atom is -0.207 e. The highest BCUT2D eigenvalue weighted by Crippen LogP contribution is 2.24. The third kappa shape index (κ3) is 2.53. The molecule has 1 nitrogen and oxygen atoms in total. The van der Waals surface area contributed by atoms with E-state index in [2.05, 4.69) is 15.9 Å². The molecule has 0 saturated heterocycles. The number of hydrogen-bond donors (Lipinski definition) is 0. The maximum Gasteiger partial charge on any atom is 0.126 e. The Morgan fingerprint density at radius 2 is 2.31 bits per heavy atom. The minimum atomic E-state index is -0.244. The molecule has 0 aliphatic heterocycles. The van der Waals surface area contributed by atoms with E-state index in [4.69, 9.17) is 5.26 Å². The molecule has 1 aromatic rings. The maximum absolute atomic E-state index is 13.2. The van der Waals surface area contributed by atoms with Gasteiger partial charge in [-0.05, 0) is 29.7 Å². The summed E-state index contributed by atoms with van der Waals surface area (Å²) in [5.41, 5.74) is 0.593. The lowest BCUT2D eigenvalue weighted by atomic mass is 9.98. The van der Waals surface area contributed by atoms with Crippen LogP contribution in [0.5, 0.6) is 0 Å². The number of halogens is 2. The van der Waals surface area contributed by atoms with Crippen LogP contribution in [0.2, 0.25) is 0 Å². The van der Waals surface area contributed by atoms with E-state index in [-0.39, 0.29) is 11.7 Å². The van der Waals surface area contributed by atoms with E-state index < -0.39 is 0 Å². The number of nitriles is 1. The second-order valence-corrected chi connectivity index (χ2v) is 3.84. The fourth-order valence-corrected chi connectivity index (χ4v) is 1.52. The van der Waals surface area contributed by atoms with E-state index in [1.54, 1.807) is 12.1 Å². The highest BCUT2D eigenvalue weighted by Gasteiger charge is 2.10. The van der Waals surface area contributed by atoms with Gasteiger partial charge in [-0.1, -0.05) is 22.9 Å². The molecule has 1 atom stereocenters. The van der Waals surface area contributed by atoms with Gasteiger partial charge in [-0.25, -0.2) is 4.39 Å². The smallest absolute Gasteiger partial charge is 0.126 e.